The average molecular weight is 183 g/mol. The first-order valence-corrected chi connectivity index (χ1v) is 3.33. The maximum Gasteiger partial charge on any atom is 0.331 e. The van der Waals surface area contributed by atoms with Crippen molar-refractivity contribution in [3.63, 3.8) is 0 Å². The van der Waals surface area contributed by atoms with Crippen LogP contribution in [0.3, 0.4) is 0 Å². The third kappa shape index (κ3) is 1.46. The van der Waals surface area contributed by atoms with E-state index in [4.69, 9.17) is 15.5 Å². The monoisotopic (exact) mass is 183 g/mol. The Balaban J connectivity index is 2.92. The Bertz CT molecular complexity index is 318. The second kappa shape index (κ2) is 3.18. The van der Waals surface area contributed by atoms with E-state index in [-0.39, 0.29) is 0 Å². The van der Waals surface area contributed by atoms with Gasteiger partial charge in [0.1, 0.15) is 5.92 Å². The van der Waals surface area contributed by atoms with Crippen molar-refractivity contribution in [3.05, 3.63) is 0 Å². The summed E-state index contributed by atoms with van der Waals surface area (Å²) < 4.78 is 0. The van der Waals surface area contributed by atoms with Gasteiger partial charge in [0.15, 0.2) is 12.1 Å². The number of carboxylic acid groups (broad SMARTS) is 2. The lowest BCUT2D eigenvalue weighted by Crippen LogP contribution is -2.35. The summed E-state index contributed by atoms with van der Waals surface area (Å²) in [6.45, 7) is 0. The molecular formula is C6H5N3O4. The van der Waals surface area contributed by atoms with Gasteiger partial charge in [-0.25, -0.2) is 4.79 Å². The maximum absolute atomic E-state index is 10.6. The van der Waals surface area contributed by atoms with Crippen LogP contribution in [0, 0.1) is 17.2 Å². The van der Waals surface area contributed by atoms with E-state index in [0.717, 1.165) is 0 Å². The molecule has 2 N–H and O–H groups in total. The summed E-state index contributed by atoms with van der Waals surface area (Å²) in [6, 6.07) is -1.06. The number of carbonyl (C=O) groups is 2. The highest BCUT2D eigenvalue weighted by atomic mass is 16.4. The lowest BCUT2D eigenvalue weighted by molar-refractivity contribution is -0.149. The molecule has 0 aliphatic carbocycles. The Morgan fingerprint density at radius 3 is 2.23 bits per heavy atom. The first kappa shape index (κ1) is 9.12. The quantitative estimate of drug-likeness (QED) is 0.597. The molecule has 1 aliphatic heterocycles. The van der Waals surface area contributed by atoms with E-state index in [1.165, 1.54) is 0 Å². The highest BCUT2D eigenvalue weighted by Crippen LogP contribution is 2.23. The van der Waals surface area contributed by atoms with Crippen LogP contribution in [0.5, 0.6) is 0 Å². The maximum atomic E-state index is 10.6. The van der Waals surface area contributed by atoms with Crippen LogP contribution >= 0.6 is 0 Å². The van der Waals surface area contributed by atoms with Crippen LogP contribution in [0.1, 0.15) is 0 Å². The van der Waals surface area contributed by atoms with Crippen molar-refractivity contribution < 1.29 is 19.8 Å². The van der Waals surface area contributed by atoms with Crippen molar-refractivity contribution in [2.75, 3.05) is 0 Å². The second-order valence-corrected chi connectivity index (χ2v) is 2.45. The number of hydrogen-bond donors (Lipinski definition) is 2. The van der Waals surface area contributed by atoms with Gasteiger partial charge in [-0.05, 0) is 0 Å². The number of hydrogen-bond acceptors (Lipinski definition) is 5. The standard InChI is InChI=1S/C6H5N3O4/c7-1-2-3(5(10)11)4(6(12)13)9-8-2/h2-4H,(H,10,11)(H,12,13). The summed E-state index contributed by atoms with van der Waals surface area (Å²) >= 11 is 0. The van der Waals surface area contributed by atoms with Crippen LogP contribution in [0.4, 0.5) is 0 Å². The molecule has 7 heteroatoms. The summed E-state index contributed by atoms with van der Waals surface area (Å²) in [4.78, 5) is 21.0. The minimum atomic E-state index is -1.44. The van der Waals surface area contributed by atoms with Gasteiger partial charge in [-0.1, -0.05) is 0 Å². The molecule has 0 aromatic carbocycles. The Morgan fingerprint density at radius 2 is 1.85 bits per heavy atom. The topological polar surface area (TPSA) is 123 Å². The lowest BCUT2D eigenvalue weighted by Gasteiger charge is -2.08. The van der Waals surface area contributed by atoms with Crippen LogP contribution in [0.25, 0.3) is 0 Å². The van der Waals surface area contributed by atoms with E-state index in [1.807, 2.05) is 0 Å². The number of azo groups is 1. The van der Waals surface area contributed by atoms with Crippen molar-refractivity contribution in [3.8, 4) is 6.07 Å². The number of nitriles is 1. The molecule has 13 heavy (non-hydrogen) atoms. The molecule has 0 aromatic heterocycles. The number of carboxylic acids is 2. The Morgan fingerprint density at radius 1 is 1.23 bits per heavy atom. The van der Waals surface area contributed by atoms with Gasteiger partial charge in [0, 0.05) is 0 Å². The molecule has 0 saturated heterocycles. The zero-order chi connectivity index (χ0) is 10.0. The molecule has 1 heterocycles. The summed E-state index contributed by atoms with van der Waals surface area (Å²) in [7, 11) is 0. The smallest absolute Gasteiger partial charge is 0.331 e. The Hall–Kier alpha value is -1.97. The van der Waals surface area contributed by atoms with E-state index in [1.54, 1.807) is 6.07 Å². The normalized spacial score (nSPS) is 31.2. The minimum Gasteiger partial charge on any atom is -0.481 e. The molecule has 0 fully saturated rings. The van der Waals surface area contributed by atoms with Gasteiger partial charge in [0.05, 0.1) is 6.07 Å². The number of aliphatic carboxylic acids is 2. The van der Waals surface area contributed by atoms with Gasteiger partial charge < -0.3 is 10.2 Å². The second-order valence-electron chi connectivity index (χ2n) is 2.45. The van der Waals surface area contributed by atoms with E-state index < -0.39 is 29.9 Å². The van der Waals surface area contributed by atoms with Crippen LogP contribution in [-0.4, -0.2) is 34.2 Å². The summed E-state index contributed by atoms with van der Waals surface area (Å²) in [5.74, 6) is -4.12. The molecular weight excluding hydrogens is 178 g/mol. The first-order valence-electron chi connectivity index (χ1n) is 3.33. The summed E-state index contributed by atoms with van der Waals surface area (Å²) in [5.41, 5.74) is 0. The molecule has 7 nitrogen and oxygen atoms in total. The van der Waals surface area contributed by atoms with E-state index in [2.05, 4.69) is 10.2 Å². The van der Waals surface area contributed by atoms with Crippen molar-refractivity contribution >= 4 is 11.9 Å². The third-order valence-electron chi connectivity index (χ3n) is 1.67. The Labute approximate surface area is 72.3 Å². The summed E-state index contributed by atoms with van der Waals surface area (Å²) in [6.07, 6.45) is 0. The largest absolute Gasteiger partial charge is 0.481 e. The van der Waals surface area contributed by atoms with Crippen molar-refractivity contribution in [1.82, 2.24) is 0 Å². The lowest BCUT2D eigenvalue weighted by atomic mass is 9.95. The van der Waals surface area contributed by atoms with Gasteiger partial charge in [-0.3, -0.25) is 4.79 Å². The fourth-order valence-corrected chi connectivity index (χ4v) is 1.04. The molecule has 1 rings (SSSR count). The summed E-state index contributed by atoms with van der Waals surface area (Å²) in [5, 5.41) is 32.0. The number of rotatable bonds is 2. The molecule has 1 aliphatic rings. The molecule has 0 aromatic rings. The van der Waals surface area contributed by atoms with Gasteiger partial charge in [0.25, 0.3) is 0 Å². The SMILES string of the molecule is N#CC1N=NC(C(=O)O)C1C(=O)O. The van der Waals surface area contributed by atoms with Gasteiger partial charge >= 0.3 is 11.9 Å². The van der Waals surface area contributed by atoms with Gasteiger partial charge in [0.2, 0.25) is 0 Å². The predicted molar refractivity (Wildman–Crippen MR) is 36.8 cm³/mol. The minimum absolute atomic E-state index is 1.20. The van der Waals surface area contributed by atoms with Gasteiger partial charge in [-0.15, -0.1) is 0 Å². The van der Waals surface area contributed by atoms with Crippen LogP contribution in [-0.2, 0) is 9.59 Å². The fraction of sp³-hybridized carbons (Fsp3) is 0.500. The van der Waals surface area contributed by atoms with Crippen LogP contribution < -0.4 is 0 Å². The van der Waals surface area contributed by atoms with Crippen molar-refractivity contribution in [2.24, 2.45) is 16.1 Å². The van der Waals surface area contributed by atoms with Crippen molar-refractivity contribution in [1.29, 1.82) is 5.26 Å². The molecule has 0 bridgehead atoms. The third-order valence-corrected chi connectivity index (χ3v) is 1.67. The molecule has 0 saturated carbocycles. The van der Waals surface area contributed by atoms with Crippen molar-refractivity contribution in [2.45, 2.75) is 12.1 Å². The Kier molecular flexibility index (Phi) is 2.23. The number of nitrogens with zero attached hydrogens (tertiary/aromatic N) is 3. The van der Waals surface area contributed by atoms with E-state index in [0.29, 0.717) is 0 Å². The molecule has 0 amide bonds. The molecule has 3 unspecified atom stereocenters. The fourth-order valence-electron chi connectivity index (χ4n) is 1.04. The van der Waals surface area contributed by atoms with Crippen LogP contribution in [0.2, 0.25) is 0 Å². The molecule has 68 valence electrons. The van der Waals surface area contributed by atoms with E-state index >= 15 is 0 Å². The highest BCUT2D eigenvalue weighted by molar-refractivity contribution is 5.84. The molecule has 3 atom stereocenters. The van der Waals surface area contributed by atoms with E-state index in [9.17, 15) is 9.59 Å². The zero-order valence-corrected chi connectivity index (χ0v) is 6.28. The van der Waals surface area contributed by atoms with Gasteiger partial charge in [-0.2, -0.15) is 15.5 Å². The zero-order valence-electron chi connectivity index (χ0n) is 6.28. The van der Waals surface area contributed by atoms with Crippen LogP contribution in [0.15, 0.2) is 10.2 Å². The molecule has 0 spiro atoms. The first-order chi connectivity index (χ1) is 6.07. The average Bonchev–Trinajstić information content (AvgIpc) is 2.46. The highest BCUT2D eigenvalue weighted by Gasteiger charge is 2.44. The predicted octanol–water partition coefficient (Wildman–Crippen LogP) is -0.502. The molecule has 0 radical (unpaired) electrons.